The second-order valence-corrected chi connectivity index (χ2v) is 7.91. The number of benzene rings is 3. The van der Waals surface area contributed by atoms with Crippen LogP contribution in [0.5, 0.6) is 5.75 Å². The van der Waals surface area contributed by atoms with Crippen molar-refractivity contribution in [3.8, 4) is 5.75 Å². The average Bonchev–Trinajstić information content (AvgIpc) is 2.74. The van der Waals surface area contributed by atoms with Gasteiger partial charge < -0.3 is 15.4 Å². The molecule has 3 aromatic rings. The Morgan fingerprint density at radius 1 is 0.806 bits per heavy atom. The molecular formula is C26H28N2O3. The molecule has 2 amide bonds. The molecule has 0 aliphatic rings. The van der Waals surface area contributed by atoms with Gasteiger partial charge in [0.05, 0.1) is 6.61 Å². The van der Waals surface area contributed by atoms with E-state index in [-0.39, 0.29) is 11.8 Å². The first-order chi connectivity index (χ1) is 14.9. The van der Waals surface area contributed by atoms with Gasteiger partial charge in [0, 0.05) is 22.5 Å². The Morgan fingerprint density at radius 3 is 1.97 bits per heavy atom. The Balaban J connectivity index is 1.55. The monoisotopic (exact) mass is 416 g/mol. The number of anilines is 2. The molecule has 5 nitrogen and oxygen atoms in total. The average molecular weight is 417 g/mol. The fraction of sp³-hybridized carbons (Fsp3) is 0.231. The molecular weight excluding hydrogens is 388 g/mol. The molecule has 0 unspecified atom stereocenters. The lowest BCUT2D eigenvalue weighted by atomic mass is 10.1. The highest BCUT2D eigenvalue weighted by atomic mass is 16.5. The van der Waals surface area contributed by atoms with Gasteiger partial charge in [0.25, 0.3) is 11.8 Å². The standard InChI is InChI=1S/C26H28N2O3/c1-18(2)15-16-31-24-13-9-21(10-14-24)25(29)27-22-11-7-20(8-12-22)26(30)28-23-6-4-5-19(3)17-23/h4-14,17-18H,15-16H2,1-3H3,(H,27,29)(H,28,30). The van der Waals surface area contributed by atoms with Gasteiger partial charge in [-0.05, 0) is 85.5 Å². The SMILES string of the molecule is Cc1cccc(NC(=O)c2ccc(NC(=O)c3ccc(OCCC(C)C)cc3)cc2)c1. The van der Waals surface area contributed by atoms with Crippen molar-refractivity contribution in [1.29, 1.82) is 0 Å². The summed E-state index contributed by atoms with van der Waals surface area (Å²) in [4.78, 5) is 24.9. The maximum atomic E-state index is 12.5. The number of nitrogens with one attached hydrogen (secondary N) is 2. The van der Waals surface area contributed by atoms with Crippen molar-refractivity contribution in [1.82, 2.24) is 0 Å². The third kappa shape index (κ3) is 6.71. The molecule has 0 saturated heterocycles. The van der Waals surface area contributed by atoms with E-state index < -0.39 is 0 Å². The van der Waals surface area contributed by atoms with Crippen LogP contribution in [0, 0.1) is 12.8 Å². The smallest absolute Gasteiger partial charge is 0.255 e. The van der Waals surface area contributed by atoms with Crippen LogP contribution in [0.2, 0.25) is 0 Å². The minimum absolute atomic E-state index is 0.198. The Bertz CT molecular complexity index is 1030. The highest BCUT2D eigenvalue weighted by Crippen LogP contribution is 2.17. The summed E-state index contributed by atoms with van der Waals surface area (Å²) in [5.74, 6) is 0.924. The van der Waals surface area contributed by atoms with Crippen LogP contribution in [-0.4, -0.2) is 18.4 Å². The van der Waals surface area contributed by atoms with E-state index in [1.807, 2.05) is 31.2 Å². The van der Waals surface area contributed by atoms with E-state index >= 15 is 0 Å². The zero-order chi connectivity index (χ0) is 22.2. The van der Waals surface area contributed by atoms with Crippen LogP contribution in [0.1, 0.15) is 46.5 Å². The van der Waals surface area contributed by atoms with Crippen LogP contribution in [0.3, 0.4) is 0 Å². The van der Waals surface area contributed by atoms with Crippen LogP contribution in [0.4, 0.5) is 11.4 Å². The molecule has 0 atom stereocenters. The molecule has 0 heterocycles. The number of rotatable bonds is 8. The van der Waals surface area contributed by atoms with Crippen LogP contribution < -0.4 is 15.4 Å². The van der Waals surface area contributed by atoms with Crippen molar-refractivity contribution in [3.63, 3.8) is 0 Å². The third-order valence-electron chi connectivity index (χ3n) is 4.76. The van der Waals surface area contributed by atoms with Crippen LogP contribution in [0.25, 0.3) is 0 Å². The molecule has 5 heteroatoms. The Labute approximate surface area is 183 Å². The number of hydrogen-bond donors (Lipinski definition) is 2. The van der Waals surface area contributed by atoms with Crippen molar-refractivity contribution in [2.45, 2.75) is 27.2 Å². The van der Waals surface area contributed by atoms with Crippen molar-refractivity contribution in [2.75, 3.05) is 17.2 Å². The van der Waals surface area contributed by atoms with Crippen LogP contribution in [-0.2, 0) is 0 Å². The van der Waals surface area contributed by atoms with E-state index in [1.165, 1.54) is 0 Å². The molecule has 0 fully saturated rings. The van der Waals surface area contributed by atoms with Gasteiger partial charge in [-0.1, -0.05) is 26.0 Å². The topological polar surface area (TPSA) is 67.4 Å². The quantitative estimate of drug-likeness (QED) is 0.479. The van der Waals surface area contributed by atoms with Crippen molar-refractivity contribution < 1.29 is 14.3 Å². The fourth-order valence-corrected chi connectivity index (χ4v) is 2.95. The summed E-state index contributed by atoms with van der Waals surface area (Å²) in [6.07, 6.45) is 0.987. The lowest BCUT2D eigenvalue weighted by Crippen LogP contribution is -2.13. The van der Waals surface area contributed by atoms with Gasteiger partial charge in [0.2, 0.25) is 0 Å². The van der Waals surface area contributed by atoms with E-state index in [1.54, 1.807) is 48.5 Å². The maximum Gasteiger partial charge on any atom is 0.255 e. The third-order valence-corrected chi connectivity index (χ3v) is 4.76. The van der Waals surface area contributed by atoms with E-state index in [0.717, 1.165) is 23.4 Å². The first kappa shape index (κ1) is 22.1. The predicted octanol–water partition coefficient (Wildman–Crippen LogP) is 5.92. The zero-order valence-electron chi connectivity index (χ0n) is 18.1. The molecule has 0 aliphatic carbocycles. The van der Waals surface area contributed by atoms with E-state index in [9.17, 15) is 9.59 Å². The van der Waals surface area contributed by atoms with Gasteiger partial charge in [-0.15, -0.1) is 0 Å². The van der Waals surface area contributed by atoms with Gasteiger partial charge in [-0.25, -0.2) is 0 Å². The molecule has 3 rings (SSSR count). The molecule has 0 bridgehead atoms. The summed E-state index contributed by atoms with van der Waals surface area (Å²) in [6, 6.07) is 21.5. The van der Waals surface area contributed by atoms with Crippen LogP contribution >= 0.6 is 0 Å². The Kier molecular flexibility index (Phi) is 7.44. The molecule has 0 aromatic heterocycles. The van der Waals surface area contributed by atoms with E-state index in [0.29, 0.717) is 29.3 Å². The molecule has 160 valence electrons. The van der Waals surface area contributed by atoms with Gasteiger partial charge in [-0.3, -0.25) is 9.59 Å². The first-order valence-electron chi connectivity index (χ1n) is 10.4. The summed E-state index contributed by atoms with van der Waals surface area (Å²) < 4.78 is 5.68. The largest absolute Gasteiger partial charge is 0.494 e. The minimum Gasteiger partial charge on any atom is -0.494 e. The lowest BCUT2D eigenvalue weighted by molar-refractivity contribution is 0.102. The molecule has 2 N–H and O–H groups in total. The van der Waals surface area contributed by atoms with Gasteiger partial charge in [-0.2, -0.15) is 0 Å². The summed E-state index contributed by atoms with van der Waals surface area (Å²) >= 11 is 0. The number of carbonyl (C=O) groups is 2. The second-order valence-electron chi connectivity index (χ2n) is 7.91. The Hall–Kier alpha value is -3.60. The molecule has 0 spiro atoms. The predicted molar refractivity (Wildman–Crippen MR) is 125 cm³/mol. The normalized spacial score (nSPS) is 10.6. The lowest BCUT2D eigenvalue weighted by Gasteiger charge is -2.10. The van der Waals surface area contributed by atoms with Gasteiger partial charge >= 0.3 is 0 Å². The van der Waals surface area contributed by atoms with Crippen molar-refractivity contribution >= 4 is 23.2 Å². The van der Waals surface area contributed by atoms with Gasteiger partial charge in [0.1, 0.15) is 5.75 Å². The number of hydrogen-bond acceptors (Lipinski definition) is 3. The van der Waals surface area contributed by atoms with Crippen molar-refractivity contribution in [2.24, 2.45) is 5.92 Å². The molecule has 0 aliphatic heterocycles. The number of carbonyl (C=O) groups excluding carboxylic acids is 2. The maximum absolute atomic E-state index is 12.5. The second kappa shape index (κ2) is 10.4. The summed E-state index contributed by atoms with van der Waals surface area (Å²) in [7, 11) is 0. The number of amides is 2. The summed E-state index contributed by atoms with van der Waals surface area (Å²) in [5.41, 5.74) is 3.50. The molecule has 0 saturated carbocycles. The molecule has 31 heavy (non-hydrogen) atoms. The highest BCUT2D eigenvalue weighted by Gasteiger charge is 2.09. The van der Waals surface area contributed by atoms with E-state index in [2.05, 4.69) is 24.5 Å². The summed E-state index contributed by atoms with van der Waals surface area (Å²) in [5, 5.41) is 5.72. The Morgan fingerprint density at radius 2 is 1.39 bits per heavy atom. The summed E-state index contributed by atoms with van der Waals surface area (Å²) in [6.45, 7) is 6.94. The number of ether oxygens (including phenoxy) is 1. The molecule has 3 aromatic carbocycles. The van der Waals surface area contributed by atoms with Crippen LogP contribution in [0.15, 0.2) is 72.8 Å². The number of aryl methyl sites for hydroxylation is 1. The highest BCUT2D eigenvalue weighted by molar-refractivity contribution is 6.06. The first-order valence-corrected chi connectivity index (χ1v) is 10.4. The fourth-order valence-electron chi connectivity index (χ4n) is 2.95. The zero-order valence-corrected chi connectivity index (χ0v) is 18.1. The molecule has 0 radical (unpaired) electrons. The van der Waals surface area contributed by atoms with Crippen molar-refractivity contribution in [3.05, 3.63) is 89.5 Å². The van der Waals surface area contributed by atoms with Gasteiger partial charge in [0.15, 0.2) is 0 Å². The minimum atomic E-state index is -0.217. The van der Waals surface area contributed by atoms with E-state index in [4.69, 9.17) is 4.74 Å².